The van der Waals surface area contributed by atoms with Crippen LogP contribution in [0.15, 0.2) is 24.8 Å². The van der Waals surface area contributed by atoms with E-state index in [1.807, 2.05) is 16.7 Å². The van der Waals surface area contributed by atoms with E-state index in [4.69, 9.17) is 16.3 Å². The molecule has 98 valence electrons. The van der Waals surface area contributed by atoms with E-state index in [0.29, 0.717) is 22.7 Å². The molecular formula is C12H11ClN4O2. The van der Waals surface area contributed by atoms with Gasteiger partial charge in [0.15, 0.2) is 10.8 Å². The van der Waals surface area contributed by atoms with Gasteiger partial charge in [-0.05, 0) is 6.08 Å². The van der Waals surface area contributed by atoms with E-state index >= 15 is 0 Å². The zero-order valence-corrected chi connectivity index (χ0v) is 10.9. The van der Waals surface area contributed by atoms with Gasteiger partial charge in [0.2, 0.25) is 0 Å². The van der Waals surface area contributed by atoms with Crippen LogP contribution in [0.4, 0.5) is 0 Å². The molecule has 1 aliphatic rings. The van der Waals surface area contributed by atoms with Crippen molar-refractivity contribution in [3.63, 3.8) is 0 Å². The van der Waals surface area contributed by atoms with Gasteiger partial charge in [-0.2, -0.15) is 0 Å². The van der Waals surface area contributed by atoms with E-state index in [1.54, 1.807) is 6.33 Å². The Kier molecular flexibility index (Phi) is 2.94. The predicted molar refractivity (Wildman–Crippen MR) is 68.7 cm³/mol. The molecule has 0 N–H and O–H groups in total. The first-order valence-corrected chi connectivity index (χ1v) is 6.21. The van der Waals surface area contributed by atoms with E-state index in [2.05, 4.69) is 15.0 Å². The minimum Gasteiger partial charge on any atom is -0.458 e. The average molecular weight is 279 g/mol. The summed E-state index contributed by atoms with van der Waals surface area (Å²) in [6, 6.07) is 0.0558. The summed E-state index contributed by atoms with van der Waals surface area (Å²) in [5, 5.41) is 0.335. The van der Waals surface area contributed by atoms with E-state index < -0.39 is 0 Å². The molecular weight excluding hydrogens is 268 g/mol. The third kappa shape index (κ3) is 2.19. The van der Waals surface area contributed by atoms with Crippen LogP contribution >= 0.6 is 11.6 Å². The SMILES string of the molecule is CC(=O)O[C@@H]1C=C[C@@H](n2cnc3c(Cl)ncnc32)C1. The van der Waals surface area contributed by atoms with Gasteiger partial charge in [0.1, 0.15) is 17.9 Å². The summed E-state index contributed by atoms with van der Waals surface area (Å²) >= 11 is 5.96. The second kappa shape index (κ2) is 4.62. The fraction of sp³-hybridized carbons (Fsp3) is 0.333. The zero-order valence-electron chi connectivity index (χ0n) is 10.2. The van der Waals surface area contributed by atoms with Crippen molar-refractivity contribution < 1.29 is 9.53 Å². The summed E-state index contributed by atoms with van der Waals surface area (Å²) in [6.07, 6.45) is 7.41. The average Bonchev–Trinajstić information content (AvgIpc) is 2.95. The Morgan fingerprint density at radius 1 is 1.42 bits per heavy atom. The van der Waals surface area contributed by atoms with Crippen LogP contribution in [0.3, 0.4) is 0 Å². The maximum atomic E-state index is 10.9. The minimum absolute atomic E-state index is 0.0558. The Bertz CT molecular complexity index is 667. The number of hydrogen-bond acceptors (Lipinski definition) is 5. The van der Waals surface area contributed by atoms with Gasteiger partial charge in [0.25, 0.3) is 0 Å². The summed E-state index contributed by atoms with van der Waals surface area (Å²) in [5.41, 5.74) is 1.26. The molecule has 2 heterocycles. The minimum atomic E-state index is -0.281. The molecule has 0 radical (unpaired) electrons. The number of esters is 1. The van der Waals surface area contributed by atoms with E-state index in [1.165, 1.54) is 13.3 Å². The second-order valence-electron chi connectivity index (χ2n) is 4.32. The largest absolute Gasteiger partial charge is 0.458 e. The summed E-state index contributed by atoms with van der Waals surface area (Å²) in [5.74, 6) is -0.281. The number of ether oxygens (including phenoxy) is 1. The molecule has 0 aliphatic heterocycles. The number of rotatable bonds is 2. The molecule has 7 heteroatoms. The Morgan fingerprint density at radius 3 is 3.05 bits per heavy atom. The number of carbonyl (C=O) groups is 1. The summed E-state index contributed by atoms with van der Waals surface area (Å²) < 4.78 is 7.06. The highest BCUT2D eigenvalue weighted by Crippen LogP contribution is 2.29. The van der Waals surface area contributed by atoms with Crippen molar-refractivity contribution in [1.82, 2.24) is 19.5 Å². The van der Waals surface area contributed by atoms with Crippen LogP contribution in [-0.4, -0.2) is 31.6 Å². The molecule has 0 fully saturated rings. The van der Waals surface area contributed by atoms with Gasteiger partial charge in [-0.25, -0.2) is 15.0 Å². The highest BCUT2D eigenvalue weighted by molar-refractivity contribution is 6.33. The fourth-order valence-corrected chi connectivity index (χ4v) is 2.40. The first kappa shape index (κ1) is 12.1. The molecule has 0 spiro atoms. The van der Waals surface area contributed by atoms with Gasteiger partial charge >= 0.3 is 5.97 Å². The molecule has 2 aromatic heterocycles. The lowest BCUT2D eigenvalue weighted by Gasteiger charge is -2.13. The topological polar surface area (TPSA) is 69.9 Å². The third-order valence-electron chi connectivity index (χ3n) is 3.01. The number of fused-ring (bicyclic) bond motifs is 1. The van der Waals surface area contributed by atoms with Gasteiger partial charge < -0.3 is 9.30 Å². The van der Waals surface area contributed by atoms with Gasteiger partial charge in [0.05, 0.1) is 12.4 Å². The molecule has 0 unspecified atom stereocenters. The van der Waals surface area contributed by atoms with Gasteiger partial charge in [-0.3, -0.25) is 4.79 Å². The van der Waals surface area contributed by atoms with Crippen LogP contribution in [0.2, 0.25) is 5.15 Å². The molecule has 6 nitrogen and oxygen atoms in total. The highest BCUT2D eigenvalue weighted by Gasteiger charge is 2.24. The Hall–Kier alpha value is -1.95. The maximum absolute atomic E-state index is 10.9. The Balaban J connectivity index is 1.89. The lowest BCUT2D eigenvalue weighted by Crippen LogP contribution is -2.14. The quantitative estimate of drug-likeness (QED) is 0.477. The van der Waals surface area contributed by atoms with Crippen LogP contribution in [0.5, 0.6) is 0 Å². The number of nitrogens with zero attached hydrogens (tertiary/aromatic N) is 4. The van der Waals surface area contributed by atoms with E-state index in [0.717, 1.165) is 0 Å². The summed E-state index contributed by atoms with van der Waals surface area (Å²) in [6.45, 7) is 1.40. The lowest BCUT2D eigenvalue weighted by molar-refractivity contribution is -0.144. The molecule has 3 rings (SSSR count). The fourth-order valence-electron chi connectivity index (χ4n) is 2.22. The van der Waals surface area contributed by atoms with Crippen LogP contribution in [0, 0.1) is 0 Å². The number of halogens is 1. The number of carbonyl (C=O) groups excluding carboxylic acids is 1. The molecule has 0 saturated carbocycles. The second-order valence-corrected chi connectivity index (χ2v) is 4.68. The van der Waals surface area contributed by atoms with Crippen molar-refractivity contribution in [3.05, 3.63) is 30.0 Å². The van der Waals surface area contributed by atoms with Crippen molar-refractivity contribution >= 4 is 28.7 Å². The maximum Gasteiger partial charge on any atom is 0.303 e. The number of hydrogen-bond donors (Lipinski definition) is 0. The monoisotopic (exact) mass is 278 g/mol. The molecule has 0 amide bonds. The predicted octanol–water partition coefficient (Wildman–Crippen LogP) is 1.91. The van der Waals surface area contributed by atoms with Crippen LogP contribution in [-0.2, 0) is 9.53 Å². The van der Waals surface area contributed by atoms with Crippen molar-refractivity contribution in [2.75, 3.05) is 0 Å². The van der Waals surface area contributed by atoms with Crippen LogP contribution < -0.4 is 0 Å². The molecule has 0 bridgehead atoms. The molecule has 0 aromatic carbocycles. The third-order valence-corrected chi connectivity index (χ3v) is 3.29. The van der Waals surface area contributed by atoms with Gasteiger partial charge in [-0.1, -0.05) is 17.7 Å². The van der Waals surface area contributed by atoms with E-state index in [-0.39, 0.29) is 18.1 Å². The summed E-state index contributed by atoms with van der Waals surface area (Å²) in [7, 11) is 0. The van der Waals surface area contributed by atoms with Gasteiger partial charge in [-0.15, -0.1) is 0 Å². The standard InChI is InChI=1S/C12H11ClN4O2/c1-7(18)19-9-3-2-8(4-9)17-6-16-10-11(13)14-5-15-12(10)17/h2-3,5-6,8-9H,4H2,1H3/t8-,9-/m1/s1. The van der Waals surface area contributed by atoms with Crippen molar-refractivity contribution in [2.45, 2.75) is 25.5 Å². The van der Waals surface area contributed by atoms with Gasteiger partial charge in [0, 0.05) is 13.3 Å². The van der Waals surface area contributed by atoms with Crippen molar-refractivity contribution in [3.8, 4) is 0 Å². The Labute approximate surface area is 114 Å². The Morgan fingerprint density at radius 2 is 2.26 bits per heavy atom. The molecule has 2 atom stereocenters. The lowest BCUT2D eigenvalue weighted by atomic mass is 10.2. The van der Waals surface area contributed by atoms with E-state index in [9.17, 15) is 4.79 Å². The highest BCUT2D eigenvalue weighted by atomic mass is 35.5. The number of aromatic nitrogens is 4. The normalized spacial score (nSPS) is 22.0. The van der Waals surface area contributed by atoms with Crippen molar-refractivity contribution in [2.24, 2.45) is 0 Å². The van der Waals surface area contributed by atoms with Crippen LogP contribution in [0.25, 0.3) is 11.2 Å². The first-order valence-electron chi connectivity index (χ1n) is 5.83. The molecule has 1 aliphatic carbocycles. The number of allylic oxidation sites excluding steroid dienone is 1. The molecule has 2 aromatic rings. The van der Waals surface area contributed by atoms with Crippen molar-refractivity contribution in [1.29, 1.82) is 0 Å². The smallest absolute Gasteiger partial charge is 0.303 e. The van der Waals surface area contributed by atoms with Crippen LogP contribution in [0.1, 0.15) is 19.4 Å². The zero-order chi connectivity index (χ0) is 13.4. The first-order chi connectivity index (χ1) is 9.15. The molecule has 19 heavy (non-hydrogen) atoms. The summed E-state index contributed by atoms with van der Waals surface area (Å²) in [4.78, 5) is 23.2. The molecule has 0 saturated heterocycles. The number of imidazole rings is 1.